The number of ether oxygens (including phenoxy) is 1. The van der Waals surface area contributed by atoms with E-state index in [2.05, 4.69) is 20.9 Å². The number of aromatic amines is 1. The number of fused-ring (bicyclic) bond motifs is 1. The van der Waals surface area contributed by atoms with Gasteiger partial charge in [-0.1, -0.05) is 18.2 Å². The summed E-state index contributed by atoms with van der Waals surface area (Å²) in [4.78, 5) is 39.5. The van der Waals surface area contributed by atoms with Gasteiger partial charge in [0.25, 0.3) is 0 Å². The van der Waals surface area contributed by atoms with E-state index in [4.69, 9.17) is 4.74 Å². The van der Waals surface area contributed by atoms with Gasteiger partial charge in [-0.25, -0.2) is 9.59 Å². The van der Waals surface area contributed by atoms with Crippen LogP contribution in [0.15, 0.2) is 54.7 Å². The van der Waals surface area contributed by atoms with Crippen molar-refractivity contribution in [2.75, 3.05) is 17.2 Å². The Labute approximate surface area is 174 Å². The minimum atomic E-state index is -0.613. The molecule has 3 rings (SSSR count). The molecule has 0 saturated carbocycles. The van der Waals surface area contributed by atoms with Gasteiger partial charge in [-0.15, -0.1) is 0 Å². The second-order valence-corrected chi connectivity index (χ2v) is 7.69. The van der Waals surface area contributed by atoms with Gasteiger partial charge in [0.05, 0.1) is 12.1 Å². The van der Waals surface area contributed by atoms with Crippen molar-refractivity contribution in [2.24, 2.45) is 0 Å². The molecule has 0 aliphatic rings. The number of nitrogens with one attached hydrogen (secondary N) is 4. The van der Waals surface area contributed by atoms with Crippen LogP contribution >= 0.6 is 0 Å². The molecule has 0 aliphatic carbocycles. The molecule has 0 unspecified atom stereocenters. The summed E-state index contributed by atoms with van der Waals surface area (Å²) >= 11 is 0. The van der Waals surface area contributed by atoms with Crippen molar-refractivity contribution in [3.05, 3.63) is 60.3 Å². The molecule has 0 bridgehead atoms. The van der Waals surface area contributed by atoms with Crippen LogP contribution in [0, 0.1) is 0 Å². The summed E-state index contributed by atoms with van der Waals surface area (Å²) in [5.74, 6) is -0.844. The number of urea groups is 1. The molecule has 0 radical (unpaired) electrons. The number of esters is 1. The first-order valence-electron chi connectivity index (χ1n) is 9.45. The van der Waals surface area contributed by atoms with Crippen molar-refractivity contribution in [3.63, 3.8) is 0 Å². The molecule has 8 heteroatoms. The molecule has 0 saturated heterocycles. The number of hydrogen-bond acceptors (Lipinski definition) is 4. The lowest BCUT2D eigenvalue weighted by Crippen LogP contribution is -2.35. The topological polar surface area (TPSA) is 112 Å². The van der Waals surface area contributed by atoms with Gasteiger partial charge in [0.2, 0.25) is 5.91 Å². The second-order valence-electron chi connectivity index (χ2n) is 7.69. The third-order valence-corrected chi connectivity index (χ3v) is 4.03. The number of carbonyl (C=O) groups excluding carboxylic acids is 3. The Morgan fingerprint density at radius 2 is 1.70 bits per heavy atom. The lowest BCUT2D eigenvalue weighted by Gasteiger charge is -2.19. The van der Waals surface area contributed by atoms with Crippen molar-refractivity contribution in [1.82, 2.24) is 10.3 Å². The van der Waals surface area contributed by atoms with Gasteiger partial charge >= 0.3 is 12.0 Å². The highest BCUT2D eigenvalue weighted by molar-refractivity contribution is 6.06. The molecular weight excluding hydrogens is 384 g/mol. The smallest absolute Gasteiger partial charge is 0.340 e. The Morgan fingerprint density at radius 1 is 0.967 bits per heavy atom. The van der Waals surface area contributed by atoms with Gasteiger partial charge in [0.1, 0.15) is 5.60 Å². The predicted molar refractivity (Wildman–Crippen MR) is 116 cm³/mol. The summed E-state index contributed by atoms with van der Waals surface area (Å²) in [7, 11) is 0. The van der Waals surface area contributed by atoms with E-state index in [0.717, 1.165) is 5.52 Å². The van der Waals surface area contributed by atoms with E-state index in [-0.39, 0.29) is 6.54 Å². The Hall–Kier alpha value is -3.81. The number of rotatable bonds is 5. The summed E-state index contributed by atoms with van der Waals surface area (Å²) in [5.41, 5.74) is 1.65. The van der Waals surface area contributed by atoms with Crippen LogP contribution in [0.3, 0.4) is 0 Å². The SMILES string of the molecule is CC(C)(C)OC(=O)c1c[nH]c2ccc(NC(=O)CNC(=O)Nc3ccccc3)cc12. The van der Waals surface area contributed by atoms with Crippen LogP contribution in [-0.2, 0) is 9.53 Å². The minimum Gasteiger partial charge on any atom is -0.456 e. The van der Waals surface area contributed by atoms with Crippen LogP contribution in [0.5, 0.6) is 0 Å². The van der Waals surface area contributed by atoms with Crippen LogP contribution in [0.25, 0.3) is 10.9 Å². The fourth-order valence-electron chi connectivity index (χ4n) is 2.76. The molecule has 156 valence electrons. The first-order chi connectivity index (χ1) is 14.2. The van der Waals surface area contributed by atoms with E-state index < -0.39 is 23.5 Å². The Kier molecular flexibility index (Phi) is 6.06. The number of carbonyl (C=O) groups is 3. The van der Waals surface area contributed by atoms with E-state index in [1.807, 2.05) is 6.07 Å². The van der Waals surface area contributed by atoms with E-state index in [1.165, 1.54) is 0 Å². The average Bonchev–Trinajstić information content (AvgIpc) is 3.09. The average molecular weight is 408 g/mol. The quantitative estimate of drug-likeness (QED) is 0.480. The summed E-state index contributed by atoms with van der Waals surface area (Å²) in [6, 6.07) is 13.6. The minimum absolute atomic E-state index is 0.206. The van der Waals surface area contributed by atoms with E-state index in [9.17, 15) is 14.4 Å². The number of para-hydroxylation sites is 1. The lowest BCUT2D eigenvalue weighted by atomic mass is 10.1. The summed E-state index contributed by atoms with van der Waals surface area (Å²) in [6.07, 6.45) is 1.58. The van der Waals surface area contributed by atoms with Crippen LogP contribution in [0.1, 0.15) is 31.1 Å². The third kappa shape index (κ3) is 5.60. The Bertz CT molecular complexity index is 1070. The van der Waals surface area contributed by atoms with Gasteiger partial charge in [0, 0.05) is 28.5 Å². The molecular formula is C22H24N4O4. The molecule has 3 amide bonds. The van der Waals surface area contributed by atoms with Crippen LogP contribution < -0.4 is 16.0 Å². The monoisotopic (exact) mass is 408 g/mol. The molecule has 0 fully saturated rings. The standard InChI is InChI=1S/C22H24N4O4/c1-22(2,3)30-20(28)17-12-23-18-10-9-15(11-16(17)18)25-19(27)13-24-21(29)26-14-7-5-4-6-8-14/h4-12,23H,13H2,1-3H3,(H,25,27)(H2,24,26,29). The zero-order chi connectivity index (χ0) is 21.7. The highest BCUT2D eigenvalue weighted by atomic mass is 16.6. The number of hydrogen-bond donors (Lipinski definition) is 4. The van der Waals surface area contributed by atoms with Gasteiger partial charge in [-0.05, 0) is 51.1 Å². The maximum absolute atomic E-state index is 12.4. The fourth-order valence-corrected chi connectivity index (χ4v) is 2.76. The molecule has 0 atom stereocenters. The van der Waals surface area contributed by atoms with Gasteiger partial charge in [0.15, 0.2) is 0 Å². The molecule has 2 aromatic carbocycles. The fraction of sp³-hybridized carbons (Fsp3) is 0.227. The first kappa shape index (κ1) is 20.9. The van der Waals surface area contributed by atoms with Crippen LogP contribution in [0.4, 0.5) is 16.2 Å². The molecule has 4 N–H and O–H groups in total. The molecule has 8 nitrogen and oxygen atoms in total. The normalized spacial score (nSPS) is 11.0. The van der Waals surface area contributed by atoms with Gasteiger partial charge in [-0.3, -0.25) is 4.79 Å². The van der Waals surface area contributed by atoms with E-state index >= 15 is 0 Å². The van der Waals surface area contributed by atoms with Crippen LogP contribution in [-0.4, -0.2) is 35.0 Å². The van der Waals surface area contributed by atoms with Crippen molar-refractivity contribution < 1.29 is 19.1 Å². The third-order valence-electron chi connectivity index (χ3n) is 4.03. The predicted octanol–water partition coefficient (Wildman–Crippen LogP) is 3.88. The molecule has 0 aliphatic heterocycles. The first-order valence-corrected chi connectivity index (χ1v) is 9.45. The summed E-state index contributed by atoms with van der Waals surface area (Å²) in [6.45, 7) is 5.19. The molecule has 30 heavy (non-hydrogen) atoms. The highest BCUT2D eigenvalue weighted by Gasteiger charge is 2.21. The Morgan fingerprint density at radius 3 is 2.40 bits per heavy atom. The van der Waals surface area contributed by atoms with Crippen LogP contribution in [0.2, 0.25) is 0 Å². The van der Waals surface area contributed by atoms with Crippen molar-refractivity contribution in [1.29, 1.82) is 0 Å². The van der Waals surface area contributed by atoms with Crippen molar-refractivity contribution in [3.8, 4) is 0 Å². The second kappa shape index (κ2) is 8.69. The molecule has 1 heterocycles. The molecule has 3 aromatic rings. The maximum Gasteiger partial charge on any atom is 0.340 e. The summed E-state index contributed by atoms with van der Waals surface area (Å²) < 4.78 is 5.42. The lowest BCUT2D eigenvalue weighted by molar-refractivity contribution is -0.115. The van der Waals surface area contributed by atoms with Crippen molar-refractivity contribution in [2.45, 2.75) is 26.4 Å². The summed E-state index contributed by atoms with van der Waals surface area (Å²) in [5, 5.41) is 8.48. The van der Waals surface area contributed by atoms with Gasteiger partial charge < -0.3 is 25.7 Å². The number of anilines is 2. The van der Waals surface area contributed by atoms with E-state index in [0.29, 0.717) is 22.3 Å². The number of H-pyrrole nitrogens is 1. The largest absolute Gasteiger partial charge is 0.456 e. The van der Waals surface area contributed by atoms with Crippen molar-refractivity contribution >= 4 is 40.2 Å². The number of amides is 3. The van der Waals surface area contributed by atoms with Gasteiger partial charge in [-0.2, -0.15) is 0 Å². The molecule has 1 aromatic heterocycles. The van der Waals surface area contributed by atoms with E-state index in [1.54, 1.807) is 69.4 Å². The maximum atomic E-state index is 12.4. The highest BCUT2D eigenvalue weighted by Crippen LogP contribution is 2.24. The zero-order valence-corrected chi connectivity index (χ0v) is 17.0. The number of aromatic nitrogens is 1. The molecule has 0 spiro atoms. The zero-order valence-electron chi connectivity index (χ0n) is 17.0. The number of benzene rings is 2. The Balaban J connectivity index is 1.61.